The fourth-order valence-electron chi connectivity index (χ4n) is 0. The molecule has 0 saturated heterocycles. The largest absolute Gasteiger partial charge is 1.00 e. The minimum absolute atomic E-state index is 0. The van der Waals surface area contributed by atoms with E-state index in [9.17, 15) is 0 Å². The molecule has 0 aliphatic rings. The maximum Gasteiger partial charge on any atom is 1.00 e. The van der Waals surface area contributed by atoms with Gasteiger partial charge in [-0.05, 0) is 0 Å². The molecule has 3 radical (unpaired) electrons. The second-order valence-electron chi connectivity index (χ2n) is 0. The number of hydrogen-bond acceptors (Lipinski definition) is 3. The van der Waals surface area contributed by atoms with Crippen molar-refractivity contribution in [2.24, 2.45) is 0 Å². The van der Waals surface area contributed by atoms with Crippen LogP contribution < -0.4 is 88.7 Å². The van der Waals surface area contributed by atoms with Crippen LogP contribution in [0.25, 0.3) is 0 Å². The first-order chi connectivity index (χ1) is 0. The van der Waals surface area contributed by atoms with E-state index in [0.717, 1.165) is 0 Å². The van der Waals surface area contributed by atoms with Gasteiger partial charge in [-0.2, -0.15) is 0 Å². The summed E-state index contributed by atoms with van der Waals surface area (Å²) in [4.78, 5) is 0. The van der Waals surface area contributed by atoms with Gasteiger partial charge in [0.15, 0.2) is 0 Å². The van der Waals surface area contributed by atoms with Crippen LogP contribution in [0.5, 0.6) is 0 Å². The van der Waals surface area contributed by atoms with Crippen LogP contribution in [0.2, 0.25) is 0 Å². The molecule has 3 nitrogen and oxygen atoms in total. The fraction of sp³-hybridized carbons (Fsp3) is 0. The summed E-state index contributed by atoms with van der Waals surface area (Å²) in [7, 11) is 0. The monoisotopic (exact) mass is 241 g/mol. The van der Waals surface area contributed by atoms with E-state index >= 15 is 0 Å². The summed E-state index contributed by atoms with van der Waals surface area (Å²) < 4.78 is 0. The predicted molar refractivity (Wildman–Crippen MR) is 11.6 cm³/mol. The zero-order valence-electron chi connectivity index (χ0n) is 4.79. The van der Waals surface area contributed by atoms with Crippen molar-refractivity contribution in [1.29, 1.82) is 0 Å². The van der Waals surface area contributed by atoms with E-state index in [-0.39, 0.29) is 130 Å². The molecule has 0 aromatic carbocycles. The Morgan fingerprint density at radius 2 is 0.429 bits per heavy atom. The third kappa shape index (κ3) is 42.0. The summed E-state index contributed by atoms with van der Waals surface area (Å²) in [6.07, 6.45) is 0. The molecule has 0 atom stereocenters. The van der Waals surface area contributed by atoms with E-state index in [4.69, 9.17) is 0 Å². The van der Waals surface area contributed by atoms with Crippen LogP contribution in [0.3, 0.4) is 0 Å². The van der Waals surface area contributed by atoms with Crippen LogP contribution >= 0.6 is 0 Å². The molecular formula is H3Na3O3Sb. The van der Waals surface area contributed by atoms with Gasteiger partial charge in [-0.3, -0.25) is 0 Å². The third-order valence-corrected chi connectivity index (χ3v) is 0. The third-order valence-electron chi connectivity index (χ3n) is 0. The SMILES string of the molecule is [Na+].[Na+].[Na+].[OH-].[OH-].[OH-].[Sb]. The van der Waals surface area contributed by atoms with Gasteiger partial charge in [-0.15, -0.1) is 0 Å². The minimum atomic E-state index is 0. The Balaban J connectivity index is 0. The predicted octanol–water partition coefficient (Wildman–Crippen LogP) is -9.90. The van der Waals surface area contributed by atoms with Crippen LogP contribution in [0.15, 0.2) is 0 Å². The first kappa shape index (κ1) is 73.6. The van der Waals surface area contributed by atoms with Gasteiger partial charge in [0.05, 0.1) is 0 Å². The topological polar surface area (TPSA) is 90.0 Å². The summed E-state index contributed by atoms with van der Waals surface area (Å²) in [6.45, 7) is 0. The van der Waals surface area contributed by atoms with Crippen molar-refractivity contribution in [3.63, 3.8) is 0 Å². The van der Waals surface area contributed by atoms with Crippen molar-refractivity contribution in [1.82, 2.24) is 0 Å². The van der Waals surface area contributed by atoms with E-state index in [2.05, 4.69) is 0 Å². The van der Waals surface area contributed by atoms with Gasteiger partial charge in [0.1, 0.15) is 0 Å². The van der Waals surface area contributed by atoms with Gasteiger partial charge in [0, 0.05) is 24.4 Å². The normalized spacial score (nSPS) is 0. The molecule has 0 heterocycles. The molecular weight excluding hydrogens is 239 g/mol. The number of rotatable bonds is 0. The van der Waals surface area contributed by atoms with Crippen LogP contribution in [0, 0.1) is 0 Å². The molecule has 0 aromatic rings. The van der Waals surface area contributed by atoms with Crippen molar-refractivity contribution in [3.05, 3.63) is 0 Å². The van der Waals surface area contributed by atoms with Gasteiger partial charge in [0.2, 0.25) is 0 Å². The maximum atomic E-state index is 0. The quantitative estimate of drug-likeness (QED) is 0.395. The minimum Gasteiger partial charge on any atom is -0.870 e. The Hall–Kier alpha value is 3.70. The second kappa shape index (κ2) is 53.7. The Labute approximate surface area is 127 Å². The van der Waals surface area contributed by atoms with Crippen molar-refractivity contribution < 1.29 is 105 Å². The van der Waals surface area contributed by atoms with E-state index in [1.165, 1.54) is 0 Å². The summed E-state index contributed by atoms with van der Waals surface area (Å²) in [5, 5.41) is 0. The van der Waals surface area contributed by atoms with Crippen molar-refractivity contribution in [2.75, 3.05) is 0 Å². The smallest absolute Gasteiger partial charge is 0.870 e. The molecule has 29 valence electrons. The first-order valence-electron chi connectivity index (χ1n) is 0. The van der Waals surface area contributed by atoms with Crippen LogP contribution in [-0.4, -0.2) is 40.9 Å². The molecule has 0 saturated carbocycles. The summed E-state index contributed by atoms with van der Waals surface area (Å²) >= 11 is 0. The Morgan fingerprint density at radius 3 is 0.429 bits per heavy atom. The summed E-state index contributed by atoms with van der Waals surface area (Å²) in [5.41, 5.74) is 0. The van der Waals surface area contributed by atoms with E-state index in [0.29, 0.717) is 0 Å². The Kier molecular flexibility index (Phi) is 564. The average molecular weight is 242 g/mol. The van der Waals surface area contributed by atoms with Gasteiger partial charge in [-0.25, -0.2) is 0 Å². The van der Waals surface area contributed by atoms with Crippen molar-refractivity contribution >= 4 is 24.4 Å². The van der Waals surface area contributed by atoms with Gasteiger partial charge < -0.3 is 16.4 Å². The van der Waals surface area contributed by atoms with Crippen LogP contribution in [0.4, 0.5) is 0 Å². The molecule has 7 heteroatoms. The first-order valence-corrected chi connectivity index (χ1v) is 0. The zero-order valence-corrected chi connectivity index (χ0v) is 13.3. The second-order valence-corrected chi connectivity index (χ2v) is 0. The van der Waals surface area contributed by atoms with Crippen LogP contribution in [-0.2, 0) is 0 Å². The molecule has 0 amide bonds. The maximum absolute atomic E-state index is 0. The van der Waals surface area contributed by atoms with Crippen molar-refractivity contribution in [3.8, 4) is 0 Å². The fourth-order valence-corrected chi connectivity index (χ4v) is 0. The molecule has 0 spiro atoms. The molecule has 0 aromatic heterocycles. The number of hydrogen-bond donors (Lipinski definition) is 0. The van der Waals surface area contributed by atoms with Gasteiger partial charge in [-0.1, -0.05) is 0 Å². The molecule has 0 aliphatic carbocycles. The van der Waals surface area contributed by atoms with Crippen molar-refractivity contribution in [2.45, 2.75) is 0 Å². The Morgan fingerprint density at radius 1 is 0.429 bits per heavy atom. The molecule has 3 N–H and O–H groups in total. The van der Waals surface area contributed by atoms with E-state index < -0.39 is 0 Å². The molecule has 0 aliphatic heterocycles. The standard InChI is InChI=1S/3Na.3H2O.Sb/h;;;3*1H2;/q3*+1;;;;/p-3. The van der Waals surface area contributed by atoms with Crippen LogP contribution in [0.1, 0.15) is 0 Å². The van der Waals surface area contributed by atoms with Gasteiger partial charge in [0.25, 0.3) is 0 Å². The van der Waals surface area contributed by atoms with E-state index in [1.807, 2.05) is 0 Å². The molecule has 7 heavy (non-hydrogen) atoms. The molecule has 0 bridgehead atoms. The van der Waals surface area contributed by atoms with E-state index in [1.54, 1.807) is 0 Å². The average Bonchev–Trinajstić information content (AvgIpc) is 0. The molecule has 0 fully saturated rings. The Bertz CT molecular complexity index is 10.1. The van der Waals surface area contributed by atoms with Gasteiger partial charge >= 0.3 is 88.7 Å². The zero-order chi connectivity index (χ0) is 0. The summed E-state index contributed by atoms with van der Waals surface area (Å²) in [6, 6.07) is 0. The molecule has 0 unspecified atom stereocenters. The summed E-state index contributed by atoms with van der Waals surface area (Å²) in [5.74, 6) is 0. The molecule has 0 rings (SSSR count).